The molecule has 164 valence electrons. The van der Waals surface area contributed by atoms with Crippen LogP contribution in [0.4, 0.5) is 5.69 Å². The summed E-state index contributed by atoms with van der Waals surface area (Å²) in [5.74, 6) is -0.516. The maximum Gasteiger partial charge on any atom is 0.240 e. The lowest BCUT2D eigenvalue weighted by Gasteiger charge is -2.14. The summed E-state index contributed by atoms with van der Waals surface area (Å²) in [5.41, 5.74) is 1.54. The number of nitriles is 1. The first-order valence-corrected chi connectivity index (χ1v) is 11.8. The minimum absolute atomic E-state index is 0.102. The molecule has 0 saturated heterocycles. The average molecular weight is 461 g/mol. The van der Waals surface area contributed by atoms with Gasteiger partial charge in [-0.3, -0.25) is 9.59 Å². The summed E-state index contributed by atoms with van der Waals surface area (Å²) >= 11 is 1.11. The van der Waals surface area contributed by atoms with Crippen molar-refractivity contribution in [1.29, 1.82) is 5.26 Å². The number of Topliss-reactive ketones (excluding diaryl/α,β-unsaturated/α-hetero) is 1. The van der Waals surface area contributed by atoms with Gasteiger partial charge in [0.1, 0.15) is 11.1 Å². The molecule has 0 radical (unpaired) electrons. The van der Waals surface area contributed by atoms with E-state index in [2.05, 4.69) is 15.0 Å². The highest BCUT2D eigenvalue weighted by molar-refractivity contribution is 8.00. The van der Waals surface area contributed by atoms with Gasteiger partial charge >= 0.3 is 0 Å². The number of benzene rings is 1. The third-order valence-electron chi connectivity index (χ3n) is 4.16. The van der Waals surface area contributed by atoms with E-state index in [1.165, 1.54) is 37.3 Å². The van der Waals surface area contributed by atoms with Crippen molar-refractivity contribution in [2.24, 2.45) is 0 Å². The van der Waals surface area contributed by atoms with E-state index in [4.69, 9.17) is 0 Å². The Morgan fingerprint density at radius 1 is 1.16 bits per heavy atom. The summed E-state index contributed by atoms with van der Waals surface area (Å²) in [6.45, 7) is 8.21. The lowest BCUT2D eigenvalue weighted by Crippen LogP contribution is -2.30. The van der Waals surface area contributed by atoms with Crippen molar-refractivity contribution in [3.63, 3.8) is 0 Å². The lowest BCUT2D eigenvalue weighted by atomic mass is 10.1. The maximum atomic E-state index is 12.6. The average Bonchev–Trinajstić information content (AvgIpc) is 2.67. The second-order valence-corrected chi connectivity index (χ2v) is 10.2. The Morgan fingerprint density at radius 3 is 2.29 bits per heavy atom. The summed E-state index contributed by atoms with van der Waals surface area (Å²) < 4.78 is 26.9. The highest BCUT2D eigenvalue weighted by Gasteiger charge is 2.20. The van der Waals surface area contributed by atoms with Crippen molar-refractivity contribution in [2.45, 2.75) is 55.8 Å². The minimum atomic E-state index is -3.61. The molecule has 0 unspecified atom stereocenters. The molecule has 0 saturated carbocycles. The molecule has 10 heteroatoms. The summed E-state index contributed by atoms with van der Waals surface area (Å²) in [4.78, 5) is 28.7. The van der Waals surface area contributed by atoms with Gasteiger partial charge in [-0.1, -0.05) is 11.8 Å². The first kappa shape index (κ1) is 24.5. The highest BCUT2D eigenvalue weighted by Crippen LogP contribution is 2.27. The van der Waals surface area contributed by atoms with Gasteiger partial charge in [-0.05, 0) is 65.0 Å². The Kier molecular flexibility index (Phi) is 7.95. The molecule has 0 fully saturated rings. The molecule has 0 aliphatic carbocycles. The summed E-state index contributed by atoms with van der Waals surface area (Å²) in [5, 5.41) is 11.9. The number of anilines is 1. The molecule has 31 heavy (non-hydrogen) atoms. The number of hydrogen-bond acceptors (Lipinski definition) is 7. The standard InChI is InChI=1S/C21H24N4O4S2/c1-12(2)25-31(28,29)18-8-6-17(7-9-18)24-20(27)15(5)30-21-16(11-22)10-19(14(4)26)13(3)23-21/h6-10,12,15,25H,1-5H3,(H,24,27)/t15-/m0/s1. The van der Waals surface area contributed by atoms with Crippen molar-refractivity contribution < 1.29 is 18.0 Å². The number of thioether (sulfide) groups is 1. The van der Waals surface area contributed by atoms with E-state index >= 15 is 0 Å². The van der Waals surface area contributed by atoms with Gasteiger partial charge in [-0.15, -0.1) is 0 Å². The number of nitrogens with one attached hydrogen (secondary N) is 2. The van der Waals surface area contributed by atoms with Crippen molar-refractivity contribution >= 4 is 39.2 Å². The normalized spacial score (nSPS) is 12.3. The number of hydrogen-bond donors (Lipinski definition) is 2. The number of pyridine rings is 1. The number of carbonyl (C=O) groups excluding carboxylic acids is 2. The van der Waals surface area contributed by atoms with Crippen molar-refractivity contribution in [3.8, 4) is 6.07 Å². The van der Waals surface area contributed by atoms with Crippen molar-refractivity contribution in [3.05, 3.63) is 47.2 Å². The van der Waals surface area contributed by atoms with Crippen LogP contribution in [0.1, 0.15) is 49.3 Å². The number of aromatic nitrogens is 1. The van der Waals surface area contributed by atoms with Gasteiger partial charge in [0, 0.05) is 23.0 Å². The summed E-state index contributed by atoms with van der Waals surface area (Å²) in [6, 6.07) is 9.12. The quantitative estimate of drug-likeness (QED) is 0.457. The molecular formula is C21H24N4O4S2. The van der Waals surface area contributed by atoms with Gasteiger partial charge < -0.3 is 5.32 Å². The molecule has 0 aliphatic heterocycles. The molecule has 0 bridgehead atoms. The van der Waals surface area contributed by atoms with Gasteiger partial charge in [0.15, 0.2) is 5.78 Å². The van der Waals surface area contributed by atoms with E-state index in [9.17, 15) is 23.3 Å². The molecule has 2 aromatic rings. The second kappa shape index (κ2) is 10.0. The minimum Gasteiger partial charge on any atom is -0.325 e. The fraction of sp³-hybridized carbons (Fsp3) is 0.333. The zero-order chi connectivity index (χ0) is 23.3. The fourth-order valence-electron chi connectivity index (χ4n) is 2.67. The topological polar surface area (TPSA) is 129 Å². The lowest BCUT2D eigenvalue weighted by molar-refractivity contribution is -0.115. The number of ketones is 1. The molecule has 1 aromatic heterocycles. The molecular weight excluding hydrogens is 436 g/mol. The summed E-state index contributed by atoms with van der Waals surface area (Å²) in [7, 11) is -3.61. The van der Waals surface area contributed by atoms with Crippen molar-refractivity contribution in [2.75, 3.05) is 5.32 Å². The molecule has 0 aliphatic rings. The highest BCUT2D eigenvalue weighted by atomic mass is 32.2. The van der Waals surface area contributed by atoms with Gasteiger partial charge in [0.2, 0.25) is 15.9 Å². The van der Waals surface area contributed by atoms with Crippen LogP contribution < -0.4 is 10.0 Å². The predicted octanol–water partition coefficient (Wildman–Crippen LogP) is 3.27. The summed E-state index contributed by atoms with van der Waals surface area (Å²) in [6.07, 6.45) is 0. The molecule has 1 atom stereocenters. The monoisotopic (exact) mass is 460 g/mol. The number of amides is 1. The molecule has 8 nitrogen and oxygen atoms in total. The van der Waals surface area contributed by atoms with Crippen LogP contribution in [0, 0.1) is 18.3 Å². The van der Waals surface area contributed by atoms with Gasteiger partial charge in [-0.2, -0.15) is 5.26 Å². The van der Waals surface area contributed by atoms with Gasteiger partial charge in [0.05, 0.1) is 15.7 Å². The second-order valence-electron chi connectivity index (χ2n) is 7.19. The molecule has 2 N–H and O–H groups in total. The zero-order valence-corrected chi connectivity index (χ0v) is 19.5. The molecule has 1 heterocycles. The van der Waals surface area contributed by atoms with E-state index in [-0.39, 0.29) is 28.2 Å². The van der Waals surface area contributed by atoms with Gasteiger partial charge in [0.25, 0.3) is 0 Å². The van der Waals surface area contributed by atoms with E-state index in [1.807, 2.05) is 6.07 Å². The van der Waals surface area contributed by atoms with E-state index < -0.39 is 15.3 Å². The largest absolute Gasteiger partial charge is 0.325 e. The number of carbonyl (C=O) groups is 2. The van der Waals surface area contributed by atoms with Gasteiger partial charge in [-0.25, -0.2) is 18.1 Å². The molecule has 2 rings (SSSR count). The Balaban J connectivity index is 2.12. The van der Waals surface area contributed by atoms with Crippen LogP contribution in [0.25, 0.3) is 0 Å². The van der Waals surface area contributed by atoms with Crippen LogP contribution in [0.2, 0.25) is 0 Å². The zero-order valence-electron chi connectivity index (χ0n) is 17.9. The van der Waals surface area contributed by atoms with E-state index in [1.54, 1.807) is 27.7 Å². The Labute approximate surface area is 186 Å². The molecule has 1 aromatic carbocycles. The van der Waals surface area contributed by atoms with Crippen LogP contribution in [-0.2, 0) is 14.8 Å². The van der Waals surface area contributed by atoms with Crippen LogP contribution >= 0.6 is 11.8 Å². The number of aryl methyl sites for hydroxylation is 1. The SMILES string of the molecule is CC(=O)c1cc(C#N)c(S[C@@H](C)C(=O)Nc2ccc(S(=O)(=O)NC(C)C)cc2)nc1C. The third kappa shape index (κ3) is 6.37. The molecule has 0 spiro atoms. The van der Waals surface area contributed by atoms with Crippen LogP contribution in [0.15, 0.2) is 40.3 Å². The maximum absolute atomic E-state index is 12.6. The first-order valence-electron chi connectivity index (χ1n) is 9.47. The fourth-order valence-corrected chi connectivity index (χ4v) is 4.84. The smallest absolute Gasteiger partial charge is 0.240 e. The number of sulfonamides is 1. The predicted molar refractivity (Wildman–Crippen MR) is 120 cm³/mol. The third-order valence-corrected chi connectivity index (χ3v) is 6.94. The number of nitrogens with zero attached hydrogens (tertiary/aromatic N) is 2. The van der Waals surface area contributed by atoms with E-state index in [0.29, 0.717) is 22.0 Å². The Hall–Kier alpha value is -2.74. The van der Waals surface area contributed by atoms with Crippen LogP contribution in [-0.4, -0.2) is 36.4 Å². The van der Waals surface area contributed by atoms with E-state index in [0.717, 1.165) is 11.8 Å². The molecule has 1 amide bonds. The van der Waals surface area contributed by atoms with Crippen LogP contribution in [0.5, 0.6) is 0 Å². The Bertz CT molecular complexity index is 1140. The van der Waals surface area contributed by atoms with Crippen LogP contribution in [0.3, 0.4) is 0 Å². The number of rotatable bonds is 8. The first-order chi connectivity index (χ1) is 14.4. The van der Waals surface area contributed by atoms with Crippen molar-refractivity contribution in [1.82, 2.24) is 9.71 Å². The Morgan fingerprint density at radius 2 is 1.77 bits per heavy atom.